The minimum absolute atomic E-state index is 0.0733. The highest BCUT2D eigenvalue weighted by atomic mass is 16.4. The maximum atomic E-state index is 10.8. The molecule has 0 aliphatic heterocycles. The van der Waals surface area contributed by atoms with Crippen molar-refractivity contribution >= 4 is 5.97 Å². The number of rotatable bonds is 6. The minimum Gasteiger partial charge on any atom is -0.480 e. The average molecular weight is 225 g/mol. The zero-order valence-electron chi connectivity index (χ0n) is 10.1. The van der Waals surface area contributed by atoms with Gasteiger partial charge >= 0.3 is 5.97 Å². The summed E-state index contributed by atoms with van der Waals surface area (Å²) in [4.78, 5) is 12.7. The number of carboxylic acid groups (broad SMARTS) is 1. The molecule has 0 aliphatic carbocycles. The van der Waals surface area contributed by atoms with Crippen molar-refractivity contribution in [3.05, 3.63) is 18.0 Å². The molecule has 0 bridgehead atoms. The fourth-order valence-electron chi connectivity index (χ4n) is 1.74. The summed E-state index contributed by atoms with van der Waals surface area (Å²) in [7, 11) is 1.86. The quantitative estimate of drug-likeness (QED) is 0.792. The monoisotopic (exact) mass is 225 g/mol. The van der Waals surface area contributed by atoms with E-state index < -0.39 is 5.97 Å². The molecule has 1 aromatic rings. The molecule has 0 radical (unpaired) electrons. The fourth-order valence-corrected chi connectivity index (χ4v) is 1.74. The molecule has 0 spiro atoms. The molecule has 1 unspecified atom stereocenters. The smallest absolute Gasteiger partial charge is 0.317 e. The summed E-state index contributed by atoms with van der Waals surface area (Å²) in [6, 6.07) is 0.0877. The first kappa shape index (κ1) is 12.7. The number of aliphatic carboxylic acids is 1. The molecule has 0 fully saturated rings. The van der Waals surface area contributed by atoms with Gasteiger partial charge in [0.15, 0.2) is 0 Å². The second-order valence-corrected chi connectivity index (χ2v) is 3.99. The zero-order valence-corrected chi connectivity index (χ0v) is 10.1. The van der Waals surface area contributed by atoms with E-state index in [-0.39, 0.29) is 12.6 Å². The Morgan fingerprint density at radius 3 is 2.81 bits per heavy atom. The maximum absolute atomic E-state index is 10.8. The van der Waals surface area contributed by atoms with Crippen LogP contribution >= 0.6 is 0 Å². The van der Waals surface area contributed by atoms with E-state index in [4.69, 9.17) is 5.11 Å². The van der Waals surface area contributed by atoms with Gasteiger partial charge in [-0.15, -0.1) is 0 Å². The molecule has 90 valence electrons. The number of hydrogen-bond donors (Lipinski definition) is 1. The predicted octanol–water partition coefficient (Wildman–Crippen LogP) is 1.28. The van der Waals surface area contributed by atoms with Gasteiger partial charge in [0, 0.05) is 24.8 Å². The van der Waals surface area contributed by atoms with Crippen molar-refractivity contribution in [3.63, 3.8) is 0 Å². The van der Waals surface area contributed by atoms with Gasteiger partial charge < -0.3 is 5.11 Å². The van der Waals surface area contributed by atoms with Crippen molar-refractivity contribution in [3.8, 4) is 0 Å². The van der Waals surface area contributed by atoms with Crippen LogP contribution in [0.1, 0.15) is 31.9 Å². The summed E-state index contributed by atoms with van der Waals surface area (Å²) < 4.78 is 1.73. The van der Waals surface area contributed by atoms with Crippen LogP contribution in [0.3, 0.4) is 0 Å². The molecule has 1 rings (SSSR count). The average Bonchev–Trinajstić information content (AvgIpc) is 2.62. The number of carboxylic acids is 1. The van der Waals surface area contributed by atoms with Gasteiger partial charge in [0.1, 0.15) is 0 Å². The lowest BCUT2D eigenvalue weighted by molar-refractivity contribution is -0.138. The van der Waals surface area contributed by atoms with Gasteiger partial charge in [0.2, 0.25) is 0 Å². The molecule has 0 saturated heterocycles. The Hall–Kier alpha value is -1.36. The Kier molecular flexibility index (Phi) is 4.49. The molecule has 1 N–H and O–H groups in total. The van der Waals surface area contributed by atoms with Crippen molar-refractivity contribution in [2.24, 2.45) is 7.05 Å². The van der Waals surface area contributed by atoms with E-state index in [0.717, 1.165) is 18.5 Å². The van der Waals surface area contributed by atoms with E-state index in [1.807, 2.05) is 32.0 Å². The van der Waals surface area contributed by atoms with Crippen LogP contribution in [-0.2, 0) is 11.8 Å². The number of aryl methyl sites for hydroxylation is 1. The highest BCUT2D eigenvalue weighted by molar-refractivity contribution is 5.69. The molecule has 1 heterocycles. The SMILES string of the molecule is CCCN(CC(=O)O)C(C)c1cnn(C)c1. The third-order valence-corrected chi connectivity index (χ3v) is 2.60. The van der Waals surface area contributed by atoms with Crippen molar-refractivity contribution in [2.75, 3.05) is 13.1 Å². The Balaban J connectivity index is 2.73. The molecule has 5 heteroatoms. The standard InChI is InChI=1S/C11H19N3O2/c1-4-5-14(8-11(15)16)9(2)10-6-12-13(3)7-10/h6-7,9H,4-5,8H2,1-3H3,(H,15,16). The number of carbonyl (C=O) groups is 1. The van der Waals surface area contributed by atoms with Crippen molar-refractivity contribution in [1.82, 2.24) is 14.7 Å². The fraction of sp³-hybridized carbons (Fsp3) is 0.636. The summed E-state index contributed by atoms with van der Waals surface area (Å²) in [5.41, 5.74) is 1.05. The van der Waals surface area contributed by atoms with E-state index >= 15 is 0 Å². The zero-order chi connectivity index (χ0) is 12.1. The first-order valence-electron chi connectivity index (χ1n) is 5.49. The maximum Gasteiger partial charge on any atom is 0.317 e. The van der Waals surface area contributed by atoms with Gasteiger partial charge in [-0.3, -0.25) is 14.4 Å². The second-order valence-electron chi connectivity index (χ2n) is 3.99. The molecule has 0 saturated carbocycles. The lowest BCUT2D eigenvalue weighted by Gasteiger charge is -2.26. The first-order valence-corrected chi connectivity index (χ1v) is 5.49. The van der Waals surface area contributed by atoms with Crippen LogP contribution in [0.25, 0.3) is 0 Å². The normalized spacial score (nSPS) is 13.0. The Labute approximate surface area is 95.7 Å². The van der Waals surface area contributed by atoms with E-state index in [2.05, 4.69) is 5.10 Å². The highest BCUT2D eigenvalue weighted by Gasteiger charge is 2.18. The second kappa shape index (κ2) is 5.65. The molecule has 1 aromatic heterocycles. The van der Waals surface area contributed by atoms with Crippen LogP contribution < -0.4 is 0 Å². The van der Waals surface area contributed by atoms with Crippen LogP contribution in [0.2, 0.25) is 0 Å². The molecule has 0 amide bonds. The van der Waals surface area contributed by atoms with Gasteiger partial charge in [-0.25, -0.2) is 0 Å². The van der Waals surface area contributed by atoms with Crippen LogP contribution in [0, 0.1) is 0 Å². The molecule has 0 aliphatic rings. The van der Waals surface area contributed by atoms with E-state index in [1.54, 1.807) is 10.9 Å². The summed E-state index contributed by atoms with van der Waals surface area (Å²) in [6.45, 7) is 4.91. The van der Waals surface area contributed by atoms with Gasteiger partial charge in [0.25, 0.3) is 0 Å². The van der Waals surface area contributed by atoms with Gasteiger partial charge in [0.05, 0.1) is 12.7 Å². The molecule has 16 heavy (non-hydrogen) atoms. The Morgan fingerprint density at radius 2 is 2.38 bits per heavy atom. The summed E-state index contributed by atoms with van der Waals surface area (Å²) in [5, 5.41) is 13.0. The minimum atomic E-state index is -0.788. The molecule has 1 atom stereocenters. The van der Waals surface area contributed by atoms with Crippen LogP contribution in [-0.4, -0.2) is 38.8 Å². The van der Waals surface area contributed by atoms with E-state index in [0.29, 0.717) is 0 Å². The molecular formula is C11H19N3O2. The van der Waals surface area contributed by atoms with E-state index in [1.165, 1.54) is 0 Å². The molecule has 5 nitrogen and oxygen atoms in total. The Morgan fingerprint density at radius 1 is 1.69 bits per heavy atom. The van der Waals surface area contributed by atoms with Crippen molar-refractivity contribution in [2.45, 2.75) is 26.3 Å². The van der Waals surface area contributed by atoms with Crippen LogP contribution in [0.5, 0.6) is 0 Å². The number of hydrogen-bond acceptors (Lipinski definition) is 3. The van der Waals surface area contributed by atoms with Gasteiger partial charge in [-0.05, 0) is 19.9 Å². The Bertz CT molecular complexity index is 349. The third-order valence-electron chi connectivity index (χ3n) is 2.60. The van der Waals surface area contributed by atoms with Crippen molar-refractivity contribution < 1.29 is 9.90 Å². The van der Waals surface area contributed by atoms with Crippen LogP contribution in [0.4, 0.5) is 0 Å². The summed E-state index contributed by atoms with van der Waals surface area (Å²) in [5.74, 6) is -0.788. The largest absolute Gasteiger partial charge is 0.480 e. The third kappa shape index (κ3) is 3.34. The number of aromatic nitrogens is 2. The topological polar surface area (TPSA) is 58.4 Å². The predicted molar refractivity (Wildman–Crippen MR) is 61.1 cm³/mol. The summed E-state index contributed by atoms with van der Waals surface area (Å²) in [6.07, 6.45) is 4.65. The number of nitrogens with zero attached hydrogens (tertiary/aromatic N) is 3. The van der Waals surface area contributed by atoms with Gasteiger partial charge in [-0.1, -0.05) is 6.92 Å². The van der Waals surface area contributed by atoms with Gasteiger partial charge in [-0.2, -0.15) is 5.10 Å². The lowest BCUT2D eigenvalue weighted by atomic mass is 10.1. The lowest BCUT2D eigenvalue weighted by Crippen LogP contribution is -2.32. The first-order chi connectivity index (χ1) is 7.54. The molecule has 0 aromatic carbocycles. The van der Waals surface area contributed by atoms with Crippen molar-refractivity contribution in [1.29, 1.82) is 0 Å². The highest BCUT2D eigenvalue weighted by Crippen LogP contribution is 2.19. The molecular weight excluding hydrogens is 206 g/mol. The van der Waals surface area contributed by atoms with E-state index in [9.17, 15) is 4.79 Å². The van der Waals surface area contributed by atoms with Crippen LogP contribution in [0.15, 0.2) is 12.4 Å². The summed E-state index contributed by atoms with van der Waals surface area (Å²) >= 11 is 0.